The zero-order valence-electron chi connectivity index (χ0n) is 16.3. The molecule has 2 heterocycles. The molecule has 3 aromatic carbocycles. The number of nitrogens with one attached hydrogen (secondary N) is 1. The lowest BCUT2D eigenvalue weighted by Crippen LogP contribution is -1.94. The number of halogens is 1. The van der Waals surface area contributed by atoms with Crippen LogP contribution < -0.4 is 4.74 Å². The molecular weight excluding hydrogens is 456 g/mol. The maximum absolute atomic E-state index is 5.84. The maximum atomic E-state index is 5.84. The summed E-state index contributed by atoms with van der Waals surface area (Å²) in [6.45, 7) is 0.519. The Labute approximate surface area is 187 Å². The first-order valence-electron chi connectivity index (χ1n) is 9.67. The highest BCUT2D eigenvalue weighted by atomic mass is 79.9. The summed E-state index contributed by atoms with van der Waals surface area (Å²) in [5.41, 5.74) is 4.51. The quantitative estimate of drug-likeness (QED) is 0.321. The Balaban J connectivity index is 1.34. The summed E-state index contributed by atoms with van der Waals surface area (Å²) in [6, 6.07) is 25.6. The fraction of sp³-hybridized carbons (Fsp3) is 0.0417. The molecule has 0 spiro atoms. The molecule has 2 aromatic heterocycles. The van der Waals surface area contributed by atoms with E-state index in [2.05, 4.69) is 36.3 Å². The van der Waals surface area contributed by atoms with Crippen molar-refractivity contribution in [2.75, 3.05) is 0 Å². The summed E-state index contributed by atoms with van der Waals surface area (Å²) < 4.78 is 12.3. The summed E-state index contributed by atoms with van der Waals surface area (Å²) in [6.07, 6.45) is 1.69. The van der Waals surface area contributed by atoms with Crippen molar-refractivity contribution in [3.63, 3.8) is 0 Å². The van der Waals surface area contributed by atoms with Gasteiger partial charge < -0.3 is 9.26 Å². The molecule has 0 radical (unpaired) electrons. The van der Waals surface area contributed by atoms with Gasteiger partial charge in [0.05, 0.1) is 17.5 Å². The summed E-state index contributed by atoms with van der Waals surface area (Å²) >= 11 is 3.50. The Morgan fingerprint density at radius 3 is 2.55 bits per heavy atom. The number of hydrogen-bond donors (Lipinski definition) is 1. The highest BCUT2D eigenvalue weighted by Gasteiger charge is 2.17. The second-order valence-corrected chi connectivity index (χ2v) is 7.81. The Bertz CT molecular complexity index is 1300. The Hall–Kier alpha value is -3.71. The zero-order valence-corrected chi connectivity index (χ0v) is 17.9. The third-order valence-corrected chi connectivity index (χ3v) is 5.26. The molecule has 0 aliphatic heterocycles. The van der Waals surface area contributed by atoms with Gasteiger partial charge in [-0.3, -0.25) is 5.10 Å². The summed E-state index contributed by atoms with van der Waals surface area (Å²) in [4.78, 5) is 4.56. The molecule has 7 heteroatoms. The van der Waals surface area contributed by atoms with Crippen LogP contribution in [-0.4, -0.2) is 20.3 Å². The first kappa shape index (κ1) is 19.3. The molecule has 31 heavy (non-hydrogen) atoms. The Morgan fingerprint density at radius 1 is 0.903 bits per heavy atom. The zero-order chi connectivity index (χ0) is 21.0. The summed E-state index contributed by atoms with van der Waals surface area (Å²) in [7, 11) is 0. The van der Waals surface area contributed by atoms with Crippen molar-refractivity contribution in [3.05, 3.63) is 95.1 Å². The number of H-pyrrole nitrogens is 1. The second kappa shape index (κ2) is 8.57. The van der Waals surface area contributed by atoms with Crippen LogP contribution in [0.25, 0.3) is 34.1 Å². The van der Waals surface area contributed by atoms with E-state index >= 15 is 0 Å². The predicted molar refractivity (Wildman–Crippen MR) is 121 cm³/mol. The second-order valence-electron chi connectivity index (χ2n) is 6.89. The van der Waals surface area contributed by atoms with Crippen LogP contribution in [0, 0.1) is 0 Å². The smallest absolute Gasteiger partial charge is 0.262 e. The maximum Gasteiger partial charge on any atom is 0.262 e. The van der Waals surface area contributed by atoms with Crippen LogP contribution in [0.5, 0.6) is 5.75 Å². The first-order chi connectivity index (χ1) is 15.3. The molecule has 0 saturated heterocycles. The molecule has 0 aliphatic carbocycles. The highest BCUT2D eigenvalue weighted by Crippen LogP contribution is 2.31. The number of hydrogen-bond acceptors (Lipinski definition) is 5. The standard InChI is InChI=1S/C24H17BrN4O2/c25-19-8-4-7-18(13-19)22-21(14-26-28-22)24-27-23(29-31-24)17-9-11-20(12-10-17)30-15-16-5-2-1-3-6-16/h1-14H,15H2,(H,26,28). The van der Waals surface area contributed by atoms with Crippen molar-refractivity contribution in [2.45, 2.75) is 6.61 Å². The van der Waals surface area contributed by atoms with Gasteiger partial charge in [0.25, 0.3) is 5.89 Å². The molecule has 0 saturated carbocycles. The fourth-order valence-electron chi connectivity index (χ4n) is 3.20. The average molecular weight is 473 g/mol. The molecule has 1 N–H and O–H groups in total. The number of rotatable bonds is 6. The topological polar surface area (TPSA) is 76.8 Å². The van der Waals surface area contributed by atoms with Crippen LogP contribution in [0.4, 0.5) is 0 Å². The normalized spacial score (nSPS) is 10.9. The molecule has 6 nitrogen and oxygen atoms in total. The van der Waals surface area contributed by atoms with Gasteiger partial charge in [0.2, 0.25) is 5.82 Å². The summed E-state index contributed by atoms with van der Waals surface area (Å²) in [5.74, 6) is 1.69. The number of nitrogens with zero attached hydrogens (tertiary/aromatic N) is 3. The van der Waals surface area contributed by atoms with Crippen LogP contribution in [0.15, 0.2) is 94.1 Å². The lowest BCUT2D eigenvalue weighted by molar-refractivity contribution is 0.306. The monoisotopic (exact) mass is 472 g/mol. The van der Waals surface area contributed by atoms with E-state index in [1.807, 2.05) is 78.9 Å². The molecule has 152 valence electrons. The number of aromatic amines is 1. The molecular formula is C24H17BrN4O2. The molecule has 5 aromatic rings. The van der Waals surface area contributed by atoms with Gasteiger partial charge in [-0.05, 0) is 42.0 Å². The van der Waals surface area contributed by atoms with Crippen LogP contribution >= 0.6 is 15.9 Å². The Morgan fingerprint density at radius 2 is 1.74 bits per heavy atom. The van der Waals surface area contributed by atoms with Crippen molar-refractivity contribution < 1.29 is 9.26 Å². The van der Waals surface area contributed by atoms with Crippen LogP contribution in [0.2, 0.25) is 0 Å². The fourth-order valence-corrected chi connectivity index (χ4v) is 3.60. The van der Waals surface area contributed by atoms with E-state index in [0.717, 1.165) is 38.2 Å². The third kappa shape index (κ3) is 4.27. The van der Waals surface area contributed by atoms with E-state index < -0.39 is 0 Å². The van der Waals surface area contributed by atoms with Crippen LogP contribution in [0.1, 0.15) is 5.56 Å². The van der Waals surface area contributed by atoms with Gasteiger partial charge in [0.15, 0.2) is 0 Å². The van der Waals surface area contributed by atoms with Crippen LogP contribution in [-0.2, 0) is 6.61 Å². The van der Waals surface area contributed by atoms with Crippen molar-refractivity contribution in [1.29, 1.82) is 0 Å². The third-order valence-electron chi connectivity index (χ3n) is 4.77. The van der Waals surface area contributed by atoms with Gasteiger partial charge in [0, 0.05) is 15.6 Å². The molecule has 0 fully saturated rings. The first-order valence-corrected chi connectivity index (χ1v) is 10.5. The van der Waals surface area contributed by atoms with Gasteiger partial charge in [-0.2, -0.15) is 10.1 Å². The molecule has 0 atom stereocenters. The van der Waals surface area contributed by atoms with Gasteiger partial charge in [-0.1, -0.05) is 63.6 Å². The highest BCUT2D eigenvalue weighted by molar-refractivity contribution is 9.10. The SMILES string of the molecule is Brc1cccc(-c2[nH]ncc2-c2nc(-c3ccc(OCc4ccccc4)cc3)no2)c1. The van der Waals surface area contributed by atoms with E-state index in [4.69, 9.17) is 9.26 Å². The number of benzene rings is 3. The van der Waals surface area contributed by atoms with Gasteiger partial charge >= 0.3 is 0 Å². The number of ether oxygens (including phenoxy) is 1. The Kier molecular flexibility index (Phi) is 5.33. The van der Waals surface area contributed by atoms with Crippen molar-refractivity contribution in [3.8, 4) is 39.8 Å². The van der Waals surface area contributed by atoms with E-state index in [1.165, 1.54) is 0 Å². The van der Waals surface area contributed by atoms with Crippen molar-refractivity contribution in [1.82, 2.24) is 20.3 Å². The molecule has 5 rings (SSSR count). The van der Waals surface area contributed by atoms with Crippen LogP contribution in [0.3, 0.4) is 0 Å². The predicted octanol–water partition coefficient (Wildman–Crippen LogP) is 6.14. The lowest BCUT2D eigenvalue weighted by Gasteiger charge is -2.06. The van der Waals surface area contributed by atoms with E-state index in [1.54, 1.807) is 6.20 Å². The number of aromatic nitrogens is 4. The molecule has 0 aliphatic rings. The van der Waals surface area contributed by atoms with Gasteiger partial charge in [0.1, 0.15) is 12.4 Å². The van der Waals surface area contributed by atoms with Crippen molar-refractivity contribution >= 4 is 15.9 Å². The minimum atomic E-state index is 0.406. The van der Waals surface area contributed by atoms with Crippen molar-refractivity contribution in [2.24, 2.45) is 0 Å². The molecule has 0 amide bonds. The molecule has 0 unspecified atom stereocenters. The van der Waals surface area contributed by atoms with E-state index in [9.17, 15) is 0 Å². The minimum absolute atomic E-state index is 0.406. The summed E-state index contributed by atoms with van der Waals surface area (Å²) in [5, 5.41) is 11.3. The largest absolute Gasteiger partial charge is 0.489 e. The lowest BCUT2D eigenvalue weighted by atomic mass is 10.1. The van der Waals surface area contributed by atoms with Gasteiger partial charge in [-0.25, -0.2) is 0 Å². The van der Waals surface area contributed by atoms with E-state index in [0.29, 0.717) is 18.3 Å². The van der Waals surface area contributed by atoms with E-state index in [-0.39, 0.29) is 0 Å². The molecule has 0 bridgehead atoms. The average Bonchev–Trinajstić information content (AvgIpc) is 3.48. The minimum Gasteiger partial charge on any atom is -0.489 e. The van der Waals surface area contributed by atoms with Gasteiger partial charge in [-0.15, -0.1) is 0 Å².